The maximum Gasteiger partial charge on any atom is 0.170 e. The Kier molecular flexibility index (Phi) is 6.05. The summed E-state index contributed by atoms with van der Waals surface area (Å²) in [5.74, 6) is 0. The van der Waals surface area contributed by atoms with Gasteiger partial charge in [-0.3, -0.25) is 4.90 Å². The Morgan fingerprint density at radius 1 is 1.04 bits per heavy atom. The minimum atomic E-state index is 0.710. The number of nitrogens with one attached hydrogen (secondary N) is 2. The third-order valence-electron chi connectivity index (χ3n) is 4.87. The number of benzene rings is 2. The van der Waals surface area contributed by atoms with Crippen molar-refractivity contribution in [2.45, 2.75) is 33.2 Å². The lowest BCUT2D eigenvalue weighted by atomic mass is 10.00. The van der Waals surface area contributed by atoms with Crippen LogP contribution < -0.4 is 10.6 Å². The van der Waals surface area contributed by atoms with Crippen molar-refractivity contribution in [1.82, 2.24) is 10.2 Å². The van der Waals surface area contributed by atoms with Crippen LogP contribution >= 0.6 is 12.2 Å². The molecule has 3 nitrogen and oxygen atoms in total. The summed E-state index contributed by atoms with van der Waals surface area (Å²) < 4.78 is 0. The third-order valence-corrected chi connectivity index (χ3v) is 5.11. The van der Waals surface area contributed by atoms with Gasteiger partial charge in [0.15, 0.2) is 5.11 Å². The molecule has 2 aromatic carbocycles. The van der Waals surface area contributed by atoms with Crippen LogP contribution in [0.1, 0.15) is 28.7 Å². The number of fused-ring (bicyclic) bond motifs is 1. The van der Waals surface area contributed by atoms with Gasteiger partial charge in [0, 0.05) is 31.9 Å². The van der Waals surface area contributed by atoms with Crippen molar-refractivity contribution in [3.05, 3.63) is 64.7 Å². The molecule has 0 saturated carbocycles. The van der Waals surface area contributed by atoms with E-state index in [9.17, 15) is 0 Å². The van der Waals surface area contributed by atoms with Gasteiger partial charge in [-0.2, -0.15) is 0 Å². The molecular weight excluding hydrogens is 326 g/mol. The van der Waals surface area contributed by atoms with E-state index in [-0.39, 0.29) is 0 Å². The zero-order chi connectivity index (χ0) is 17.6. The van der Waals surface area contributed by atoms with Gasteiger partial charge >= 0.3 is 0 Å². The maximum atomic E-state index is 5.44. The van der Waals surface area contributed by atoms with Crippen LogP contribution in [0.25, 0.3) is 0 Å². The highest BCUT2D eigenvalue weighted by atomic mass is 32.1. The van der Waals surface area contributed by atoms with E-state index in [1.165, 1.54) is 22.3 Å². The summed E-state index contributed by atoms with van der Waals surface area (Å²) >= 11 is 5.44. The highest BCUT2D eigenvalue weighted by molar-refractivity contribution is 7.80. The highest BCUT2D eigenvalue weighted by Gasteiger charge is 2.14. The van der Waals surface area contributed by atoms with E-state index in [0.29, 0.717) is 5.11 Å². The predicted molar refractivity (Wildman–Crippen MR) is 110 cm³/mol. The number of para-hydroxylation sites is 1. The zero-order valence-electron chi connectivity index (χ0n) is 15.1. The fourth-order valence-corrected chi connectivity index (χ4v) is 3.62. The van der Waals surface area contributed by atoms with Gasteiger partial charge in [0.2, 0.25) is 0 Å². The molecule has 2 aromatic rings. The van der Waals surface area contributed by atoms with Crippen molar-refractivity contribution >= 4 is 23.0 Å². The largest absolute Gasteiger partial charge is 0.362 e. The smallest absolute Gasteiger partial charge is 0.170 e. The molecule has 0 fully saturated rings. The molecule has 1 aliphatic heterocycles. The first-order valence-corrected chi connectivity index (χ1v) is 9.44. The second-order valence-corrected chi connectivity index (χ2v) is 7.20. The minimum Gasteiger partial charge on any atom is -0.362 e. The molecule has 0 saturated heterocycles. The van der Waals surface area contributed by atoms with Crippen molar-refractivity contribution in [1.29, 1.82) is 0 Å². The van der Waals surface area contributed by atoms with E-state index < -0.39 is 0 Å². The molecule has 0 spiro atoms. The summed E-state index contributed by atoms with van der Waals surface area (Å²) in [4.78, 5) is 2.53. The minimum absolute atomic E-state index is 0.710. The molecule has 132 valence electrons. The Morgan fingerprint density at radius 2 is 1.76 bits per heavy atom. The second kappa shape index (κ2) is 8.45. The van der Waals surface area contributed by atoms with Crippen molar-refractivity contribution in [2.75, 3.05) is 25.0 Å². The molecule has 1 heterocycles. The van der Waals surface area contributed by atoms with E-state index in [1.807, 2.05) is 0 Å². The Balaban J connectivity index is 1.40. The molecule has 0 aromatic heterocycles. The zero-order valence-corrected chi connectivity index (χ0v) is 16.0. The van der Waals surface area contributed by atoms with Gasteiger partial charge in [-0.15, -0.1) is 0 Å². The lowest BCUT2D eigenvalue weighted by Crippen LogP contribution is -2.35. The number of thiocarbonyl (C=S) groups is 1. The van der Waals surface area contributed by atoms with Crippen molar-refractivity contribution in [3.8, 4) is 0 Å². The second-order valence-electron chi connectivity index (χ2n) is 6.80. The molecular formula is C21H27N3S. The van der Waals surface area contributed by atoms with Crippen LogP contribution in [0.15, 0.2) is 42.5 Å². The van der Waals surface area contributed by atoms with Gasteiger partial charge in [0.25, 0.3) is 0 Å². The maximum absolute atomic E-state index is 5.44. The molecule has 0 radical (unpaired) electrons. The topological polar surface area (TPSA) is 27.3 Å². The Bertz CT molecular complexity index is 721. The summed E-state index contributed by atoms with van der Waals surface area (Å²) in [7, 11) is 0. The molecule has 0 aliphatic carbocycles. The number of rotatable bonds is 5. The molecule has 0 bridgehead atoms. The molecule has 4 heteroatoms. The normalized spacial score (nSPS) is 14.0. The molecule has 1 aliphatic rings. The molecule has 2 N–H and O–H groups in total. The van der Waals surface area contributed by atoms with Crippen LogP contribution in [0.3, 0.4) is 0 Å². The van der Waals surface area contributed by atoms with Crippen LogP contribution in [0.5, 0.6) is 0 Å². The SMILES string of the molecule is Cc1cccc(C)c1NC(=S)NCCCN1CCc2ccccc2C1. The van der Waals surface area contributed by atoms with Crippen molar-refractivity contribution < 1.29 is 0 Å². The predicted octanol–water partition coefficient (Wildman–Crippen LogP) is 4.04. The van der Waals surface area contributed by atoms with Crippen LogP contribution in [0, 0.1) is 13.8 Å². The number of anilines is 1. The van der Waals surface area contributed by atoms with Gasteiger partial charge in [-0.25, -0.2) is 0 Å². The first-order valence-electron chi connectivity index (χ1n) is 9.03. The van der Waals surface area contributed by atoms with Crippen LogP contribution in [0.2, 0.25) is 0 Å². The van der Waals surface area contributed by atoms with Crippen molar-refractivity contribution in [3.63, 3.8) is 0 Å². The van der Waals surface area contributed by atoms with Gasteiger partial charge < -0.3 is 10.6 Å². The Morgan fingerprint density at radius 3 is 2.52 bits per heavy atom. The van der Waals surface area contributed by atoms with Gasteiger partial charge in [0.1, 0.15) is 0 Å². The van der Waals surface area contributed by atoms with Gasteiger partial charge in [-0.1, -0.05) is 42.5 Å². The van der Waals surface area contributed by atoms with Crippen LogP contribution in [0.4, 0.5) is 5.69 Å². The number of aryl methyl sites for hydroxylation is 2. The first-order chi connectivity index (χ1) is 12.1. The molecule has 25 heavy (non-hydrogen) atoms. The highest BCUT2D eigenvalue weighted by Crippen LogP contribution is 2.19. The molecule has 0 amide bonds. The van der Waals surface area contributed by atoms with E-state index >= 15 is 0 Å². The molecule has 0 atom stereocenters. The average molecular weight is 354 g/mol. The lowest BCUT2D eigenvalue weighted by molar-refractivity contribution is 0.251. The van der Waals surface area contributed by atoms with Crippen LogP contribution in [-0.2, 0) is 13.0 Å². The van der Waals surface area contributed by atoms with E-state index in [4.69, 9.17) is 12.2 Å². The number of nitrogens with zero attached hydrogens (tertiary/aromatic N) is 1. The fraction of sp³-hybridized carbons (Fsp3) is 0.381. The van der Waals surface area contributed by atoms with E-state index in [2.05, 4.69) is 71.8 Å². The van der Waals surface area contributed by atoms with E-state index in [1.54, 1.807) is 0 Å². The summed E-state index contributed by atoms with van der Waals surface area (Å²) in [6.45, 7) is 8.43. The first kappa shape index (κ1) is 17.9. The molecule has 0 unspecified atom stereocenters. The van der Waals surface area contributed by atoms with Gasteiger partial charge in [-0.05, 0) is 61.2 Å². The summed E-state index contributed by atoms with van der Waals surface area (Å²) in [5, 5.41) is 7.38. The Hall–Kier alpha value is -1.91. The third kappa shape index (κ3) is 4.80. The van der Waals surface area contributed by atoms with E-state index in [0.717, 1.165) is 44.7 Å². The lowest BCUT2D eigenvalue weighted by Gasteiger charge is -2.28. The van der Waals surface area contributed by atoms with Crippen molar-refractivity contribution in [2.24, 2.45) is 0 Å². The number of hydrogen-bond acceptors (Lipinski definition) is 2. The van der Waals surface area contributed by atoms with Gasteiger partial charge in [0.05, 0.1) is 0 Å². The van der Waals surface area contributed by atoms with Crippen LogP contribution in [-0.4, -0.2) is 29.6 Å². The summed E-state index contributed by atoms with van der Waals surface area (Å²) in [6, 6.07) is 15.1. The number of hydrogen-bond donors (Lipinski definition) is 2. The Labute approximate surface area is 156 Å². The average Bonchev–Trinajstić information content (AvgIpc) is 2.62. The molecule has 3 rings (SSSR count). The summed E-state index contributed by atoms with van der Waals surface area (Å²) in [5.41, 5.74) is 6.55. The quantitative estimate of drug-likeness (QED) is 0.627. The monoisotopic (exact) mass is 353 g/mol. The fourth-order valence-electron chi connectivity index (χ4n) is 3.42. The summed E-state index contributed by atoms with van der Waals surface area (Å²) in [6.07, 6.45) is 2.26. The standard InChI is InChI=1S/C21H27N3S/c1-16-7-5-8-17(2)20(16)23-21(25)22-12-6-13-24-14-11-18-9-3-4-10-19(18)15-24/h3-5,7-10H,6,11-15H2,1-2H3,(H2,22,23,25).